The van der Waals surface area contributed by atoms with Gasteiger partial charge in [0.2, 0.25) is 5.91 Å². The lowest BCUT2D eigenvalue weighted by molar-refractivity contribution is -0.134. The maximum atomic E-state index is 11.5. The minimum atomic E-state index is -0.0194. The molecule has 0 aliphatic heterocycles. The maximum Gasteiger partial charge on any atom is 0.219 e. The van der Waals surface area contributed by atoms with Gasteiger partial charge in [-0.3, -0.25) is 4.79 Å². The van der Waals surface area contributed by atoms with E-state index in [2.05, 4.69) is 20.8 Å². The van der Waals surface area contributed by atoms with E-state index in [4.69, 9.17) is 0 Å². The van der Waals surface area contributed by atoms with Crippen molar-refractivity contribution in [3.8, 4) is 0 Å². The Morgan fingerprint density at radius 2 is 1.79 bits per heavy atom. The van der Waals surface area contributed by atoms with Crippen LogP contribution in [0.3, 0.4) is 0 Å². The van der Waals surface area contributed by atoms with Crippen LogP contribution in [0.1, 0.15) is 53.4 Å². The van der Waals surface area contributed by atoms with Crippen molar-refractivity contribution in [2.75, 3.05) is 6.54 Å². The molecule has 0 saturated heterocycles. The number of nitrogens with zero attached hydrogens (tertiary/aromatic N) is 1. The monoisotopic (exact) mass is 197 g/mol. The Bertz CT molecular complexity index is 199. The third-order valence-corrected chi connectivity index (χ3v) is 3.11. The van der Waals surface area contributed by atoms with Gasteiger partial charge in [0.05, 0.1) is 0 Å². The van der Waals surface area contributed by atoms with Crippen LogP contribution in [-0.4, -0.2) is 22.9 Å². The van der Waals surface area contributed by atoms with Crippen molar-refractivity contribution in [1.82, 2.24) is 4.90 Å². The lowest BCUT2D eigenvalue weighted by Gasteiger charge is -2.36. The van der Waals surface area contributed by atoms with E-state index in [9.17, 15) is 4.79 Å². The first kappa shape index (κ1) is 11.5. The molecule has 1 amide bonds. The minimum Gasteiger partial charge on any atom is -0.338 e. The zero-order valence-corrected chi connectivity index (χ0v) is 9.97. The third-order valence-electron chi connectivity index (χ3n) is 3.11. The van der Waals surface area contributed by atoms with Crippen LogP contribution in [-0.2, 0) is 4.79 Å². The molecule has 0 heterocycles. The SMILES string of the molecule is CC(=O)N(CC1CCCC1)C(C)(C)C. The predicted octanol–water partition coefficient (Wildman–Crippen LogP) is 2.82. The molecule has 82 valence electrons. The van der Waals surface area contributed by atoms with Gasteiger partial charge >= 0.3 is 0 Å². The molecule has 1 fully saturated rings. The van der Waals surface area contributed by atoms with E-state index in [0.29, 0.717) is 0 Å². The van der Waals surface area contributed by atoms with E-state index in [0.717, 1.165) is 12.5 Å². The number of rotatable bonds is 2. The normalized spacial score (nSPS) is 18.6. The summed E-state index contributed by atoms with van der Waals surface area (Å²) in [5.74, 6) is 0.961. The fourth-order valence-corrected chi connectivity index (χ4v) is 2.33. The second kappa shape index (κ2) is 4.33. The first-order valence-corrected chi connectivity index (χ1v) is 5.69. The Balaban J connectivity index is 2.55. The Morgan fingerprint density at radius 3 is 2.14 bits per heavy atom. The second-order valence-corrected chi connectivity index (χ2v) is 5.45. The van der Waals surface area contributed by atoms with Gasteiger partial charge in [0.25, 0.3) is 0 Å². The molecule has 1 rings (SSSR count). The summed E-state index contributed by atoms with van der Waals surface area (Å²) in [5, 5.41) is 0. The lowest BCUT2D eigenvalue weighted by atomic mass is 10.0. The minimum absolute atomic E-state index is 0.0194. The molecule has 0 spiro atoms. The summed E-state index contributed by atoms with van der Waals surface area (Å²) in [5.41, 5.74) is -0.0194. The fourth-order valence-electron chi connectivity index (χ4n) is 2.33. The topological polar surface area (TPSA) is 20.3 Å². The highest BCUT2D eigenvalue weighted by atomic mass is 16.2. The van der Waals surface area contributed by atoms with Gasteiger partial charge in [-0.2, -0.15) is 0 Å². The van der Waals surface area contributed by atoms with Crippen molar-refractivity contribution >= 4 is 5.91 Å². The van der Waals surface area contributed by atoms with Crippen LogP contribution in [0.15, 0.2) is 0 Å². The van der Waals surface area contributed by atoms with Crippen LogP contribution >= 0.6 is 0 Å². The van der Waals surface area contributed by atoms with Crippen LogP contribution in [0.4, 0.5) is 0 Å². The predicted molar refractivity (Wildman–Crippen MR) is 59.1 cm³/mol. The molecular weight excluding hydrogens is 174 g/mol. The fraction of sp³-hybridized carbons (Fsp3) is 0.917. The Morgan fingerprint density at radius 1 is 1.29 bits per heavy atom. The highest BCUT2D eigenvalue weighted by Gasteiger charge is 2.27. The molecule has 0 bridgehead atoms. The van der Waals surface area contributed by atoms with Crippen LogP contribution in [0, 0.1) is 5.92 Å². The zero-order chi connectivity index (χ0) is 10.8. The second-order valence-electron chi connectivity index (χ2n) is 5.45. The summed E-state index contributed by atoms with van der Waals surface area (Å²) in [6, 6.07) is 0. The standard InChI is InChI=1S/C12H23NO/c1-10(14)13(12(2,3)4)9-11-7-5-6-8-11/h11H,5-9H2,1-4H3. The van der Waals surface area contributed by atoms with Gasteiger partial charge in [0, 0.05) is 19.0 Å². The highest BCUT2D eigenvalue weighted by molar-refractivity contribution is 5.74. The first-order chi connectivity index (χ1) is 6.41. The molecule has 1 aliphatic carbocycles. The van der Waals surface area contributed by atoms with Crippen LogP contribution in [0.2, 0.25) is 0 Å². The number of carbonyl (C=O) groups excluding carboxylic acids is 1. The van der Waals surface area contributed by atoms with E-state index in [1.165, 1.54) is 25.7 Å². The largest absolute Gasteiger partial charge is 0.338 e. The van der Waals surface area contributed by atoms with E-state index in [1.807, 2.05) is 4.90 Å². The van der Waals surface area contributed by atoms with E-state index in [1.54, 1.807) is 6.92 Å². The first-order valence-electron chi connectivity index (χ1n) is 5.69. The Labute approximate surface area is 87.7 Å². The van der Waals surface area contributed by atoms with Crippen molar-refractivity contribution in [1.29, 1.82) is 0 Å². The molecule has 0 N–H and O–H groups in total. The van der Waals surface area contributed by atoms with Gasteiger partial charge in [0.15, 0.2) is 0 Å². The molecule has 0 aromatic carbocycles. The van der Waals surface area contributed by atoms with Gasteiger partial charge in [0.1, 0.15) is 0 Å². The molecule has 0 aromatic rings. The van der Waals surface area contributed by atoms with Crippen LogP contribution in [0.25, 0.3) is 0 Å². The molecule has 0 radical (unpaired) electrons. The van der Waals surface area contributed by atoms with Gasteiger partial charge in [-0.1, -0.05) is 12.8 Å². The zero-order valence-electron chi connectivity index (χ0n) is 9.97. The Kier molecular flexibility index (Phi) is 3.57. The number of hydrogen-bond acceptors (Lipinski definition) is 1. The van der Waals surface area contributed by atoms with Crippen molar-refractivity contribution in [3.63, 3.8) is 0 Å². The summed E-state index contributed by atoms with van der Waals surface area (Å²) in [6.45, 7) is 8.98. The van der Waals surface area contributed by atoms with Gasteiger partial charge in [-0.05, 0) is 39.5 Å². The Hall–Kier alpha value is -0.530. The van der Waals surface area contributed by atoms with Crippen LogP contribution in [0.5, 0.6) is 0 Å². The molecule has 1 saturated carbocycles. The van der Waals surface area contributed by atoms with E-state index >= 15 is 0 Å². The number of hydrogen-bond donors (Lipinski definition) is 0. The molecule has 2 nitrogen and oxygen atoms in total. The van der Waals surface area contributed by atoms with Gasteiger partial charge in [-0.25, -0.2) is 0 Å². The van der Waals surface area contributed by atoms with Crippen molar-refractivity contribution in [2.45, 2.75) is 58.9 Å². The number of amides is 1. The van der Waals surface area contributed by atoms with Gasteiger partial charge in [-0.15, -0.1) is 0 Å². The van der Waals surface area contributed by atoms with Crippen molar-refractivity contribution in [3.05, 3.63) is 0 Å². The number of carbonyl (C=O) groups is 1. The van der Waals surface area contributed by atoms with Crippen molar-refractivity contribution < 1.29 is 4.79 Å². The van der Waals surface area contributed by atoms with E-state index in [-0.39, 0.29) is 11.4 Å². The highest BCUT2D eigenvalue weighted by Crippen LogP contribution is 2.27. The summed E-state index contributed by atoms with van der Waals surface area (Å²) in [6.07, 6.45) is 5.31. The smallest absolute Gasteiger partial charge is 0.219 e. The maximum absolute atomic E-state index is 11.5. The van der Waals surface area contributed by atoms with Crippen LogP contribution < -0.4 is 0 Å². The quantitative estimate of drug-likeness (QED) is 0.666. The molecule has 0 unspecified atom stereocenters. The average molecular weight is 197 g/mol. The van der Waals surface area contributed by atoms with Crippen molar-refractivity contribution in [2.24, 2.45) is 5.92 Å². The van der Waals surface area contributed by atoms with E-state index < -0.39 is 0 Å². The molecule has 14 heavy (non-hydrogen) atoms. The summed E-state index contributed by atoms with van der Waals surface area (Å²) in [7, 11) is 0. The third kappa shape index (κ3) is 3.00. The van der Waals surface area contributed by atoms with Gasteiger partial charge < -0.3 is 4.90 Å². The summed E-state index contributed by atoms with van der Waals surface area (Å²) < 4.78 is 0. The molecule has 0 aromatic heterocycles. The summed E-state index contributed by atoms with van der Waals surface area (Å²) >= 11 is 0. The molecule has 1 aliphatic rings. The average Bonchev–Trinajstić information content (AvgIpc) is 2.48. The molecule has 2 heteroatoms. The molecule has 0 atom stereocenters. The summed E-state index contributed by atoms with van der Waals surface area (Å²) in [4.78, 5) is 13.5. The molecular formula is C12H23NO. The lowest BCUT2D eigenvalue weighted by Crippen LogP contribution is -2.46.